The summed E-state index contributed by atoms with van der Waals surface area (Å²) in [6.07, 6.45) is 4.44. The van der Waals surface area contributed by atoms with Crippen LogP contribution in [0.4, 0.5) is 5.82 Å². The van der Waals surface area contributed by atoms with E-state index >= 15 is 0 Å². The highest BCUT2D eigenvalue weighted by Gasteiger charge is 2.40. The fourth-order valence-corrected chi connectivity index (χ4v) is 3.87. The Balaban J connectivity index is 1.46. The van der Waals surface area contributed by atoms with E-state index < -0.39 is 5.41 Å². The highest BCUT2D eigenvalue weighted by Crippen LogP contribution is 2.36. The molecule has 9 heteroatoms. The minimum absolute atomic E-state index is 0.644. The Kier molecular flexibility index (Phi) is 3.52. The molecule has 0 unspecified atom stereocenters. The highest BCUT2D eigenvalue weighted by atomic mass is 35.5. The average molecular weight is 379 g/mol. The normalized spacial score (nSPS) is 16.7. The molecule has 3 aromatic heterocycles. The second-order valence-corrected chi connectivity index (χ2v) is 7.16. The van der Waals surface area contributed by atoms with Crippen LogP contribution in [0.2, 0.25) is 5.02 Å². The molecule has 5 rings (SSSR count). The lowest BCUT2D eigenvalue weighted by atomic mass is 9.79. The molecule has 27 heavy (non-hydrogen) atoms. The van der Waals surface area contributed by atoms with E-state index in [0.29, 0.717) is 42.4 Å². The van der Waals surface area contributed by atoms with Gasteiger partial charge in [-0.15, -0.1) is 0 Å². The van der Waals surface area contributed by atoms with Crippen LogP contribution in [0.25, 0.3) is 22.2 Å². The van der Waals surface area contributed by atoms with Crippen molar-refractivity contribution in [1.82, 2.24) is 29.9 Å². The van der Waals surface area contributed by atoms with Gasteiger partial charge in [-0.25, -0.2) is 19.9 Å². The summed E-state index contributed by atoms with van der Waals surface area (Å²) in [6, 6.07) is 8.02. The first-order valence-electron chi connectivity index (χ1n) is 8.65. The Morgan fingerprint density at radius 2 is 2.04 bits per heavy atom. The standard InChI is InChI=1S/C18H15ClN8/c19-11-1-2-12-13(7-11)26-17(25-12)18(8-20)3-5-27(6-4-18)16-14-15(22-9-21-14)23-10-24-16/h1-2,7,9-10H,3-6H2,(H,25,26)(H,21,22,23,24). The first kappa shape index (κ1) is 16.0. The molecule has 1 saturated heterocycles. The average Bonchev–Trinajstić information content (AvgIpc) is 3.34. The Morgan fingerprint density at radius 1 is 1.19 bits per heavy atom. The van der Waals surface area contributed by atoms with E-state index in [4.69, 9.17) is 11.6 Å². The number of imidazole rings is 2. The number of anilines is 1. The lowest BCUT2D eigenvalue weighted by molar-refractivity contribution is 0.398. The van der Waals surface area contributed by atoms with Crippen LogP contribution < -0.4 is 4.90 Å². The summed E-state index contributed by atoms with van der Waals surface area (Å²) in [4.78, 5) is 26.0. The third kappa shape index (κ3) is 2.51. The summed E-state index contributed by atoms with van der Waals surface area (Å²) in [6.45, 7) is 1.38. The van der Waals surface area contributed by atoms with Gasteiger partial charge < -0.3 is 14.9 Å². The number of H-pyrrole nitrogens is 2. The number of hydrogen-bond acceptors (Lipinski definition) is 6. The molecule has 2 N–H and O–H groups in total. The predicted molar refractivity (Wildman–Crippen MR) is 102 cm³/mol. The van der Waals surface area contributed by atoms with Gasteiger partial charge in [0.2, 0.25) is 0 Å². The van der Waals surface area contributed by atoms with Crippen LogP contribution in [0.1, 0.15) is 18.7 Å². The molecule has 0 saturated carbocycles. The fourth-order valence-electron chi connectivity index (χ4n) is 3.70. The second kappa shape index (κ2) is 5.93. The number of nitrogens with zero attached hydrogens (tertiary/aromatic N) is 6. The maximum absolute atomic E-state index is 9.97. The molecule has 0 spiro atoms. The van der Waals surface area contributed by atoms with Crippen LogP contribution in [-0.4, -0.2) is 43.0 Å². The molecule has 4 aromatic rings. The molecule has 0 amide bonds. The Labute approximate surface area is 159 Å². The third-order valence-electron chi connectivity index (χ3n) is 5.23. The Bertz CT molecular complexity index is 1180. The topological polar surface area (TPSA) is 110 Å². The van der Waals surface area contributed by atoms with E-state index in [2.05, 4.69) is 40.9 Å². The van der Waals surface area contributed by atoms with Crippen molar-refractivity contribution < 1.29 is 0 Å². The Hall–Kier alpha value is -3.18. The molecule has 8 nitrogen and oxygen atoms in total. The quantitative estimate of drug-likeness (QED) is 0.554. The summed E-state index contributed by atoms with van der Waals surface area (Å²) < 4.78 is 0. The van der Waals surface area contributed by atoms with E-state index in [1.165, 1.54) is 6.33 Å². The molecule has 4 heterocycles. The lowest BCUT2D eigenvalue weighted by Gasteiger charge is -2.36. The number of nitrogens with one attached hydrogen (secondary N) is 2. The van der Waals surface area contributed by atoms with Gasteiger partial charge in [0, 0.05) is 18.1 Å². The number of hydrogen-bond donors (Lipinski definition) is 2. The van der Waals surface area contributed by atoms with Gasteiger partial charge in [0.15, 0.2) is 11.5 Å². The van der Waals surface area contributed by atoms with Gasteiger partial charge in [0.25, 0.3) is 0 Å². The number of fused-ring (bicyclic) bond motifs is 2. The monoisotopic (exact) mass is 378 g/mol. The number of benzene rings is 1. The maximum atomic E-state index is 9.97. The molecule has 0 atom stereocenters. The van der Waals surface area contributed by atoms with Crippen LogP contribution in [0, 0.1) is 11.3 Å². The fraction of sp³-hybridized carbons (Fsp3) is 0.278. The van der Waals surface area contributed by atoms with Crippen molar-refractivity contribution in [3.8, 4) is 6.07 Å². The number of nitriles is 1. The van der Waals surface area contributed by atoms with Gasteiger partial charge in [0.1, 0.15) is 23.1 Å². The molecule has 1 fully saturated rings. The van der Waals surface area contributed by atoms with Crippen molar-refractivity contribution in [3.63, 3.8) is 0 Å². The zero-order valence-electron chi connectivity index (χ0n) is 14.3. The smallest absolute Gasteiger partial charge is 0.182 e. The molecule has 1 aromatic carbocycles. The zero-order valence-corrected chi connectivity index (χ0v) is 15.0. The predicted octanol–water partition coefficient (Wildman–Crippen LogP) is 2.94. The van der Waals surface area contributed by atoms with E-state index in [1.54, 1.807) is 12.4 Å². The molecule has 1 aliphatic heterocycles. The number of aromatic amines is 2. The summed E-state index contributed by atoms with van der Waals surface area (Å²) in [5.74, 6) is 1.52. The van der Waals surface area contributed by atoms with E-state index in [9.17, 15) is 5.26 Å². The minimum Gasteiger partial charge on any atom is -0.355 e. The van der Waals surface area contributed by atoms with Crippen LogP contribution in [0.15, 0.2) is 30.9 Å². The Morgan fingerprint density at radius 3 is 2.85 bits per heavy atom. The van der Waals surface area contributed by atoms with Crippen molar-refractivity contribution in [2.75, 3.05) is 18.0 Å². The molecular weight excluding hydrogens is 364 g/mol. The van der Waals surface area contributed by atoms with Crippen LogP contribution in [0.5, 0.6) is 0 Å². The van der Waals surface area contributed by atoms with Gasteiger partial charge in [-0.05, 0) is 31.0 Å². The molecule has 0 aliphatic carbocycles. The summed E-state index contributed by atoms with van der Waals surface area (Å²) >= 11 is 6.07. The number of piperidine rings is 1. The van der Waals surface area contributed by atoms with Gasteiger partial charge in [-0.3, -0.25) is 0 Å². The number of rotatable bonds is 2. The van der Waals surface area contributed by atoms with Crippen molar-refractivity contribution in [1.29, 1.82) is 5.26 Å². The SMILES string of the molecule is N#CC1(c2nc3ccc(Cl)cc3[nH]2)CCN(c2ncnc3nc[nH]c23)CC1. The van der Waals surface area contributed by atoms with Crippen molar-refractivity contribution in [3.05, 3.63) is 41.7 Å². The minimum atomic E-state index is -0.651. The van der Waals surface area contributed by atoms with Crippen LogP contribution in [-0.2, 0) is 5.41 Å². The first-order valence-corrected chi connectivity index (χ1v) is 9.02. The van der Waals surface area contributed by atoms with Gasteiger partial charge >= 0.3 is 0 Å². The molecular formula is C18H15ClN8. The first-order chi connectivity index (χ1) is 13.2. The van der Waals surface area contributed by atoms with E-state index in [1.807, 2.05) is 12.1 Å². The van der Waals surface area contributed by atoms with Crippen LogP contribution >= 0.6 is 11.6 Å². The number of aromatic nitrogens is 6. The maximum Gasteiger partial charge on any atom is 0.182 e. The van der Waals surface area contributed by atoms with E-state index in [0.717, 1.165) is 22.4 Å². The van der Waals surface area contributed by atoms with Crippen molar-refractivity contribution >= 4 is 39.6 Å². The molecule has 134 valence electrons. The van der Waals surface area contributed by atoms with Crippen molar-refractivity contribution in [2.45, 2.75) is 18.3 Å². The third-order valence-corrected chi connectivity index (χ3v) is 5.47. The van der Waals surface area contributed by atoms with Crippen molar-refractivity contribution in [2.24, 2.45) is 0 Å². The molecule has 1 aliphatic rings. The van der Waals surface area contributed by atoms with Gasteiger partial charge in [-0.1, -0.05) is 11.6 Å². The molecule has 0 bridgehead atoms. The highest BCUT2D eigenvalue weighted by molar-refractivity contribution is 6.31. The van der Waals surface area contributed by atoms with Gasteiger partial charge in [-0.2, -0.15) is 5.26 Å². The van der Waals surface area contributed by atoms with E-state index in [-0.39, 0.29) is 0 Å². The molecule has 0 radical (unpaired) electrons. The van der Waals surface area contributed by atoms with Gasteiger partial charge in [0.05, 0.1) is 23.4 Å². The summed E-state index contributed by atoms with van der Waals surface area (Å²) in [7, 11) is 0. The summed E-state index contributed by atoms with van der Waals surface area (Å²) in [5, 5.41) is 10.6. The second-order valence-electron chi connectivity index (χ2n) is 6.73. The zero-order chi connectivity index (χ0) is 18.4. The largest absolute Gasteiger partial charge is 0.355 e. The summed E-state index contributed by atoms with van der Waals surface area (Å²) in [5.41, 5.74) is 2.49. The van der Waals surface area contributed by atoms with Crippen LogP contribution in [0.3, 0.4) is 0 Å². The number of halogens is 1. The lowest BCUT2D eigenvalue weighted by Crippen LogP contribution is -2.43.